The molecule has 3 rings (SSSR count). The van der Waals surface area contributed by atoms with Gasteiger partial charge < -0.3 is 9.73 Å². The summed E-state index contributed by atoms with van der Waals surface area (Å²) >= 11 is 1.97. The van der Waals surface area contributed by atoms with Crippen molar-refractivity contribution >= 4 is 11.8 Å². The van der Waals surface area contributed by atoms with E-state index in [2.05, 4.69) is 29.6 Å². The molecule has 2 nitrogen and oxygen atoms in total. The maximum absolute atomic E-state index is 5.38. The summed E-state index contributed by atoms with van der Waals surface area (Å²) in [6.45, 7) is 0.802. The van der Waals surface area contributed by atoms with Crippen molar-refractivity contribution in [2.75, 3.05) is 5.75 Å². The number of nitrogens with one attached hydrogen (secondary N) is 1. The van der Waals surface area contributed by atoms with Crippen LogP contribution in [-0.4, -0.2) is 5.75 Å². The van der Waals surface area contributed by atoms with Crippen LogP contribution in [0, 0.1) is 0 Å². The number of furan rings is 1. The maximum atomic E-state index is 5.38. The smallest absolute Gasteiger partial charge is 0.117 e. The van der Waals surface area contributed by atoms with Crippen LogP contribution < -0.4 is 5.32 Å². The summed E-state index contributed by atoms with van der Waals surface area (Å²) in [7, 11) is 0. The lowest BCUT2D eigenvalue weighted by atomic mass is 10.0. The normalized spacial score (nSPS) is 19.2. The van der Waals surface area contributed by atoms with Gasteiger partial charge in [-0.15, -0.1) is 11.8 Å². The van der Waals surface area contributed by atoms with Gasteiger partial charge in [0.05, 0.1) is 12.8 Å². The minimum atomic E-state index is 0.446. The first-order chi connectivity index (χ1) is 8.93. The van der Waals surface area contributed by atoms with Crippen LogP contribution in [0.1, 0.15) is 30.2 Å². The van der Waals surface area contributed by atoms with Crippen molar-refractivity contribution < 1.29 is 4.42 Å². The number of fused-ring (bicyclic) bond motifs is 1. The van der Waals surface area contributed by atoms with Gasteiger partial charge in [0.15, 0.2) is 0 Å². The van der Waals surface area contributed by atoms with Gasteiger partial charge in [-0.3, -0.25) is 0 Å². The van der Waals surface area contributed by atoms with Crippen molar-refractivity contribution in [2.45, 2.75) is 30.3 Å². The first-order valence-electron chi connectivity index (χ1n) is 6.41. The molecule has 2 aromatic rings. The SMILES string of the molecule is c1coc(CNC2CCCSc3ccccc32)c1. The van der Waals surface area contributed by atoms with Crippen LogP contribution in [-0.2, 0) is 6.54 Å². The van der Waals surface area contributed by atoms with E-state index in [1.165, 1.54) is 29.1 Å². The molecule has 1 aromatic carbocycles. The number of hydrogen-bond acceptors (Lipinski definition) is 3. The van der Waals surface area contributed by atoms with Crippen molar-refractivity contribution in [2.24, 2.45) is 0 Å². The van der Waals surface area contributed by atoms with E-state index >= 15 is 0 Å². The third-order valence-electron chi connectivity index (χ3n) is 3.29. The summed E-state index contributed by atoms with van der Waals surface area (Å²) in [5.41, 5.74) is 1.44. The summed E-state index contributed by atoms with van der Waals surface area (Å²) in [5.74, 6) is 2.22. The van der Waals surface area contributed by atoms with Crippen molar-refractivity contribution in [1.82, 2.24) is 5.32 Å². The van der Waals surface area contributed by atoms with E-state index in [0.717, 1.165) is 12.3 Å². The van der Waals surface area contributed by atoms with Crippen molar-refractivity contribution in [3.05, 3.63) is 54.0 Å². The van der Waals surface area contributed by atoms with E-state index in [1.807, 2.05) is 23.9 Å². The molecule has 1 aromatic heterocycles. The Morgan fingerprint density at radius 2 is 2.17 bits per heavy atom. The third kappa shape index (κ3) is 2.62. The highest BCUT2D eigenvalue weighted by molar-refractivity contribution is 7.99. The van der Waals surface area contributed by atoms with E-state index in [-0.39, 0.29) is 0 Å². The molecule has 1 unspecified atom stereocenters. The predicted molar refractivity (Wildman–Crippen MR) is 74.7 cm³/mol. The molecule has 0 radical (unpaired) electrons. The summed E-state index contributed by atoms with van der Waals surface area (Å²) in [6.07, 6.45) is 4.19. The van der Waals surface area contributed by atoms with Crippen molar-refractivity contribution in [3.63, 3.8) is 0 Å². The molecule has 94 valence electrons. The van der Waals surface area contributed by atoms with E-state index in [0.29, 0.717) is 6.04 Å². The Balaban J connectivity index is 1.75. The summed E-state index contributed by atoms with van der Waals surface area (Å²) in [5, 5.41) is 3.61. The molecule has 0 bridgehead atoms. The van der Waals surface area contributed by atoms with Crippen molar-refractivity contribution in [3.8, 4) is 0 Å². The first kappa shape index (κ1) is 11.9. The second kappa shape index (κ2) is 5.63. The Kier molecular flexibility index (Phi) is 3.72. The molecular weight excluding hydrogens is 242 g/mol. The summed E-state index contributed by atoms with van der Waals surface area (Å²) in [6, 6.07) is 13.1. The van der Waals surface area contributed by atoms with Crippen LogP contribution in [0.25, 0.3) is 0 Å². The Hall–Kier alpha value is -1.19. The molecule has 0 saturated carbocycles. The number of hydrogen-bond donors (Lipinski definition) is 1. The Bertz CT molecular complexity index is 495. The standard InChI is InChI=1S/C15H17NOS/c1-2-8-15-13(6-1)14(7-4-10-18-15)16-11-12-5-3-9-17-12/h1-3,5-6,8-9,14,16H,4,7,10-11H2. The van der Waals surface area contributed by atoms with Gasteiger partial charge in [0.2, 0.25) is 0 Å². The molecule has 0 aliphatic carbocycles. The molecule has 0 saturated heterocycles. The predicted octanol–water partition coefficient (Wildman–Crippen LogP) is 4.00. The Morgan fingerprint density at radius 3 is 3.06 bits per heavy atom. The third-order valence-corrected chi connectivity index (χ3v) is 4.47. The summed E-state index contributed by atoms with van der Waals surface area (Å²) in [4.78, 5) is 1.42. The zero-order valence-corrected chi connectivity index (χ0v) is 11.1. The van der Waals surface area contributed by atoms with Crippen LogP contribution in [0.2, 0.25) is 0 Å². The van der Waals surface area contributed by atoms with Crippen LogP contribution in [0.15, 0.2) is 52.0 Å². The number of benzene rings is 1. The largest absolute Gasteiger partial charge is 0.468 e. The lowest BCUT2D eigenvalue weighted by Crippen LogP contribution is -2.20. The fourth-order valence-electron chi connectivity index (χ4n) is 2.37. The lowest BCUT2D eigenvalue weighted by Gasteiger charge is -2.18. The Morgan fingerprint density at radius 1 is 1.22 bits per heavy atom. The van der Waals surface area contributed by atoms with Gasteiger partial charge in [-0.25, -0.2) is 0 Å². The molecule has 1 aliphatic rings. The minimum absolute atomic E-state index is 0.446. The second-order valence-electron chi connectivity index (χ2n) is 4.54. The van der Waals surface area contributed by atoms with E-state index in [9.17, 15) is 0 Å². The average molecular weight is 259 g/mol. The highest BCUT2D eigenvalue weighted by Crippen LogP contribution is 2.34. The molecule has 0 amide bonds. The molecule has 18 heavy (non-hydrogen) atoms. The van der Waals surface area contributed by atoms with Crippen LogP contribution in [0.4, 0.5) is 0 Å². The molecule has 1 N–H and O–H groups in total. The van der Waals surface area contributed by atoms with E-state index in [4.69, 9.17) is 4.42 Å². The molecule has 0 fully saturated rings. The monoisotopic (exact) mass is 259 g/mol. The van der Waals surface area contributed by atoms with Crippen LogP contribution in [0.3, 0.4) is 0 Å². The zero-order chi connectivity index (χ0) is 12.2. The Labute approximate surface area is 112 Å². The molecule has 3 heteroatoms. The quantitative estimate of drug-likeness (QED) is 0.902. The number of rotatable bonds is 3. The lowest BCUT2D eigenvalue weighted by molar-refractivity contribution is 0.433. The highest BCUT2D eigenvalue weighted by Gasteiger charge is 2.18. The van der Waals surface area contributed by atoms with Gasteiger partial charge in [0.25, 0.3) is 0 Å². The van der Waals surface area contributed by atoms with Gasteiger partial charge in [-0.2, -0.15) is 0 Å². The summed E-state index contributed by atoms with van der Waals surface area (Å²) < 4.78 is 5.38. The molecule has 0 spiro atoms. The number of thioether (sulfide) groups is 1. The van der Waals surface area contributed by atoms with Gasteiger partial charge in [-0.1, -0.05) is 18.2 Å². The van der Waals surface area contributed by atoms with Gasteiger partial charge >= 0.3 is 0 Å². The topological polar surface area (TPSA) is 25.2 Å². The molecular formula is C15H17NOS. The fraction of sp³-hybridized carbons (Fsp3) is 0.333. The average Bonchev–Trinajstić information content (AvgIpc) is 2.84. The van der Waals surface area contributed by atoms with Gasteiger partial charge in [0, 0.05) is 10.9 Å². The minimum Gasteiger partial charge on any atom is -0.468 e. The maximum Gasteiger partial charge on any atom is 0.117 e. The van der Waals surface area contributed by atoms with Gasteiger partial charge in [0.1, 0.15) is 5.76 Å². The van der Waals surface area contributed by atoms with Gasteiger partial charge in [-0.05, 0) is 42.4 Å². The second-order valence-corrected chi connectivity index (χ2v) is 5.68. The van der Waals surface area contributed by atoms with Crippen LogP contribution >= 0.6 is 11.8 Å². The van der Waals surface area contributed by atoms with Crippen molar-refractivity contribution in [1.29, 1.82) is 0 Å². The van der Waals surface area contributed by atoms with E-state index in [1.54, 1.807) is 6.26 Å². The van der Waals surface area contributed by atoms with E-state index < -0.39 is 0 Å². The highest BCUT2D eigenvalue weighted by atomic mass is 32.2. The molecule has 1 atom stereocenters. The van der Waals surface area contributed by atoms with Crippen LogP contribution in [0.5, 0.6) is 0 Å². The first-order valence-corrected chi connectivity index (χ1v) is 7.39. The molecule has 2 heterocycles. The molecule has 1 aliphatic heterocycles. The zero-order valence-electron chi connectivity index (χ0n) is 10.3. The fourth-order valence-corrected chi connectivity index (χ4v) is 3.46.